The lowest BCUT2D eigenvalue weighted by molar-refractivity contribution is -0.139. The van der Waals surface area contributed by atoms with E-state index in [1.54, 1.807) is 0 Å². The molecule has 0 saturated carbocycles. The number of nitrogens with zero attached hydrogens (tertiary/aromatic N) is 3. The molecule has 0 bridgehead atoms. The molecule has 0 aromatic heterocycles. The monoisotopic (exact) mass is 315 g/mol. The molecule has 1 amide bonds. The van der Waals surface area contributed by atoms with Gasteiger partial charge in [0.2, 0.25) is 5.91 Å². The van der Waals surface area contributed by atoms with E-state index in [0.29, 0.717) is 5.91 Å². The van der Waals surface area contributed by atoms with Crippen molar-refractivity contribution in [1.82, 2.24) is 14.7 Å². The van der Waals surface area contributed by atoms with Gasteiger partial charge in [0.05, 0.1) is 5.92 Å². The van der Waals surface area contributed by atoms with E-state index in [1.807, 2.05) is 0 Å². The standard InChI is InChI=1S/C19H29N3O/c1-16-6-3-4-7-17(16)14-21-9-5-8-18(15-21)19(23)22-12-10-20(2)11-13-22/h3-4,6-7,18H,5,8-15H2,1-2H3. The lowest BCUT2D eigenvalue weighted by Crippen LogP contribution is -2.51. The molecule has 23 heavy (non-hydrogen) atoms. The van der Waals surface area contributed by atoms with E-state index in [0.717, 1.165) is 58.7 Å². The highest BCUT2D eigenvalue weighted by molar-refractivity contribution is 5.79. The highest BCUT2D eigenvalue weighted by atomic mass is 16.2. The Morgan fingerprint density at radius 2 is 1.87 bits per heavy atom. The molecule has 126 valence electrons. The molecule has 2 aliphatic rings. The van der Waals surface area contributed by atoms with Crippen molar-refractivity contribution in [2.45, 2.75) is 26.3 Å². The lowest BCUT2D eigenvalue weighted by Gasteiger charge is -2.38. The Morgan fingerprint density at radius 1 is 1.13 bits per heavy atom. The second-order valence-corrected chi connectivity index (χ2v) is 7.13. The first kappa shape index (κ1) is 16.5. The molecule has 1 unspecified atom stereocenters. The van der Waals surface area contributed by atoms with Crippen LogP contribution in [0.15, 0.2) is 24.3 Å². The minimum Gasteiger partial charge on any atom is -0.340 e. The van der Waals surface area contributed by atoms with Crippen LogP contribution in [0.5, 0.6) is 0 Å². The first-order chi connectivity index (χ1) is 11.1. The summed E-state index contributed by atoms with van der Waals surface area (Å²) in [5, 5.41) is 0. The molecule has 0 N–H and O–H groups in total. The second kappa shape index (κ2) is 7.45. The molecule has 1 aromatic carbocycles. The van der Waals surface area contributed by atoms with E-state index in [2.05, 4.69) is 52.9 Å². The fraction of sp³-hybridized carbons (Fsp3) is 0.632. The van der Waals surface area contributed by atoms with E-state index in [-0.39, 0.29) is 5.92 Å². The number of likely N-dealkylation sites (N-methyl/N-ethyl adjacent to an activating group) is 1. The van der Waals surface area contributed by atoms with Crippen LogP contribution < -0.4 is 0 Å². The van der Waals surface area contributed by atoms with Crippen LogP contribution in [0.25, 0.3) is 0 Å². The molecule has 1 aromatic rings. The van der Waals surface area contributed by atoms with Gasteiger partial charge in [-0.1, -0.05) is 24.3 Å². The molecule has 0 aliphatic carbocycles. The first-order valence-corrected chi connectivity index (χ1v) is 8.87. The van der Waals surface area contributed by atoms with Gasteiger partial charge in [-0.25, -0.2) is 0 Å². The molecule has 2 saturated heterocycles. The van der Waals surface area contributed by atoms with Crippen LogP contribution in [-0.2, 0) is 11.3 Å². The largest absolute Gasteiger partial charge is 0.340 e. The average Bonchev–Trinajstić information content (AvgIpc) is 2.57. The maximum atomic E-state index is 12.8. The summed E-state index contributed by atoms with van der Waals surface area (Å²) in [5.41, 5.74) is 2.74. The van der Waals surface area contributed by atoms with Crippen LogP contribution in [0.3, 0.4) is 0 Å². The second-order valence-electron chi connectivity index (χ2n) is 7.13. The summed E-state index contributed by atoms with van der Waals surface area (Å²) in [6, 6.07) is 8.58. The molecule has 2 fully saturated rings. The summed E-state index contributed by atoms with van der Waals surface area (Å²) in [6.45, 7) is 8.97. The van der Waals surface area contributed by atoms with Crippen molar-refractivity contribution in [2.75, 3.05) is 46.3 Å². The topological polar surface area (TPSA) is 26.8 Å². The van der Waals surface area contributed by atoms with Crippen molar-refractivity contribution in [3.8, 4) is 0 Å². The Bertz CT molecular complexity index is 537. The van der Waals surface area contributed by atoms with E-state index in [4.69, 9.17) is 0 Å². The average molecular weight is 315 g/mol. The van der Waals surface area contributed by atoms with Crippen molar-refractivity contribution in [2.24, 2.45) is 5.92 Å². The van der Waals surface area contributed by atoms with Crippen molar-refractivity contribution >= 4 is 5.91 Å². The summed E-state index contributed by atoms with van der Waals surface area (Å²) in [6.07, 6.45) is 2.19. The highest BCUT2D eigenvalue weighted by Gasteiger charge is 2.30. The fourth-order valence-corrected chi connectivity index (χ4v) is 3.71. The Labute approximate surface area is 140 Å². The van der Waals surface area contributed by atoms with E-state index in [1.165, 1.54) is 11.1 Å². The van der Waals surface area contributed by atoms with Gasteiger partial charge >= 0.3 is 0 Å². The number of carbonyl (C=O) groups excluding carboxylic acids is 1. The van der Waals surface area contributed by atoms with E-state index in [9.17, 15) is 4.79 Å². The number of hydrogen-bond acceptors (Lipinski definition) is 3. The number of benzene rings is 1. The summed E-state index contributed by atoms with van der Waals surface area (Å²) in [4.78, 5) is 19.7. The van der Waals surface area contributed by atoms with Gasteiger partial charge in [0.25, 0.3) is 0 Å². The Balaban J connectivity index is 1.57. The molecule has 4 nitrogen and oxygen atoms in total. The van der Waals surface area contributed by atoms with Crippen LogP contribution in [0, 0.1) is 12.8 Å². The lowest BCUT2D eigenvalue weighted by atomic mass is 9.95. The smallest absolute Gasteiger partial charge is 0.227 e. The quantitative estimate of drug-likeness (QED) is 0.853. The number of carbonyl (C=O) groups is 1. The third kappa shape index (κ3) is 4.12. The summed E-state index contributed by atoms with van der Waals surface area (Å²) in [5.74, 6) is 0.573. The molecule has 2 heterocycles. The van der Waals surface area contributed by atoms with Crippen LogP contribution in [-0.4, -0.2) is 66.9 Å². The summed E-state index contributed by atoms with van der Waals surface area (Å²) < 4.78 is 0. The summed E-state index contributed by atoms with van der Waals surface area (Å²) in [7, 11) is 2.13. The third-order valence-corrected chi connectivity index (χ3v) is 5.32. The van der Waals surface area contributed by atoms with Crippen molar-refractivity contribution in [3.05, 3.63) is 35.4 Å². The van der Waals surface area contributed by atoms with E-state index < -0.39 is 0 Å². The van der Waals surface area contributed by atoms with Gasteiger partial charge in [-0.05, 0) is 44.5 Å². The molecule has 4 heteroatoms. The minimum absolute atomic E-state index is 0.191. The number of rotatable bonds is 3. The Hall–Kier alpha value is -1.39. The van der Waals surface area contributed by atoms with E-state index >= 15 is 0 Å². The van der Waals surface area contributed by atoms with Crippen LogP contribution in [0.2, 0.25) is 0 Å². The summed E-state index contributed by atoms with van der Waals surface area (Å²) >= 11 is 0. The number of piperidine rings is 1. The number of likely N-dealkylation sites (tertiary alicyclic amines) is 1. The maximum absolute atomic E-state index is 12.8. The third-order valence-electron chi connectivity index (χ3n) is 5.32. The predicted molar refractivity (Wildman–Crippen MR) is 93.3 cm³/mol. The zero-order chi connectivity index (χ0) is 16.2. The Morgan fingerprint density at radius 3 is 2.61 bits per heavy atom. The normalized spacial score (nSPS) is 23.9. The number of amides is 1. The minimum atomic E-state index is 0.191. The SMILES string of the molecule is Cc1ccccc1CN1CCCC(C(=O)N2CCN(C)CC2)C1. The van der Waals surface area contributed by atoms with Gasteiger partial charge in [-0.3, -0.25) is 9.69 Å². The number of aryl methyl sites for hydroxylation is 1. The van der Waals surface area contributed by atoms with Crippen LogP contribution in [0.4, 0.5) is 0 Å². The maximum Gasteiger partial charge on any atom is 0.227 e. The molecule has 0 spiro atoms. The number of hydrogen-bond donors (Lipinski definition) is 0. The van der Waals surface area contributed by atoms with Crippen molar-refractivity contribution in [3.63, 3.8) is 0 Å². The molecular formula is C19H29N3O. The first-order valence-electron chi connectivity index (χ1n) is 8.87. The van der Waals surface area contributed by atoms with Gasteiger partial charge in [0.1, 0.15) is 0 Å². The van der Waals surface area contributed by atoms with Crippen molar-refractivity contribution in [1.29, 1.82) is 0 Å². The van der Waals surface area contributed by atoms with Crippen molar-refractivity contribution < 1.29 is 4.79 Å². The van der Waals surface area contributed by atoms with Gasteiger partial charge in [0, 0.05) is 39.3 Å². The predicted octanol–water partition coefficient (Wildman–Crippen LogP) is 1.98. The fourth-order valence-electron chi connectivity index (χ4n) is 3.71. The van der Waals surface area contributed by atoms with Crippen LogP contribution >= 0.6 is 0 Å². The number of piperazine rings is 1. The van der Waals surface area contributed by atoms with Gasteiger partial charge in [0.15, 0.2) is 0 Å². The molecule has 1 atom stereocenters. The Kier molecular flexibility index (Phi) is 5.34. The molecule has 3 rings (SSSR count). The zero-order valence-electron chi connectivity index (χ0n) is 14.5. The van der Waals surface area contributed by atoms with Gasteiger partial charge < -0.3 is 9.80 Å². The molecular weight excluding hydrogens is 286 g/mol. The molecule has 0 radical (unpaired) electrons. The zero-order valence-corrected chi connectivity index (χ0v) is 14.5. The van der Waals surface area contributed by atoms with Gasteiger partial charge in [-0.2, -0.15) is 0 Å². The van der Waals surface area contributed by atoms with Crippen LogP contribution in [0.1, 0.15) is 24.0 Å². The molecule has 2 aliphatic heterocycles. The highest BCUT2D eigenvalue weighted by Crippen LogP contribution is 2.22. The van der Waals surface area contributed by atoms with Gasteiger partial charge in [-0.15, -0.1) is 0 Å².